The Balaban J connectivity index is 1.72. The predicted molar refractivity (Wildman–Crippen MR) is 92.6 cm³/mol. The van der Waals surface area contributed by atoms with Gasteiger partial charge in [0, 0.05) is 23.6 Å². The molecule has 1 aromatic heterocycles. The van der Waals surface area contributed by atoms with E-state index in [2.05, 4.69) is 17.1 Å². The summed E-state index contributed by atoms with van der Waals surface area (Å²) in [6, 6.07) is 7.26. The standard InChI is InChI=1S/C18H22ClN3O2/c1-2-3-4-10-16(23)22-11-6-9-15(22)18-20-17(21-24-18)13-7-5-8-14(19)12-13/h5,7-8,12,15H,2-4,6,9-11H2,1H3. The zero-order chi connectivity index (χ0) is 16.9. The molecule has 0 bridgehead atoms. The zero-order valence-corrected chi connectivity index (χ0v) is 14.6. The Morgan fingerprint density at radius 1 is 1.42 bits per heavy atom. The molecule has 0 saturated carbocycles. The first-order valence-corrected chi connectivity index (χ1v) is 8.96. The van der Waals surface area contributed by atoms with Gasteiger partial charge in [-0.05, 0) is 31.4 Å². The molecule has 1 atom stereocenters. The van der Waals surface area contributed by atoms with E-state index in [4.69, 9.17) is 16.1 Å². The van der Waals surface area contributed by atoms with Crippen molar-refractivity contribution in [1.29, 1.82) is 0 Å². The van der Waals surface area contributed by atoms with E-state index in [1.54, 1.807) is 12.1 Å². The minimum atomic E-state index is -0.0976. The van der Waals surface area contributed by atoms with Gasteiger partial charge in [0.2, 0.25) is 17.6 Å². The van der Waals surface area contributed by atoms with Crippen LogP contribution in [-0.2, 0) is 4.79 Å². The summed E-state index contributed by atoms with van der Waals surface area (Å²) in [5, 5.41) is 4.69. The number of hydrogen-bond acceptors (Lipinski definition) is 4. The Morgan fingerprint density at radius 2 is 2.29 bits per heavy atom. The second kappa shape index (κ2) is 7.79. The molecule has 24 heavy (non-hydrogen) atoms. The number of halogens is 1. The summed E-state index contributed by atoms with van der Waals surface area (Å²) in [6.07, 6.45) is 5.58. The highest BCUT2D eigenvalue weighted by atomic mass is 35.5. The van der Waals surface area contributed by atoms with Gasteiger partial charge in [-0.3, -0.25) is 4.79 Å². The fourth-order valence-electron chi connectivity index (χ4n) is 3.11. The van der Waals surface area contributed by atoms with Crippen LogP contribution in [0.25, 0.3) is 11.4 Å². The third-order valence-electron chi connectivity index (χ3n) is 4.38. The third-order valence-corrected chi connectivity index (χ3v) is 4.61. The summed E-state index contributed by atoms with van der Waals surface area (Å²) in [6.45, 7) is 2.91. The van der Waals surface area contributed by atoms with E-state index in [9.17, 15) is 4.79 Å². The molecular formula is C18H22ClN3O2. The lowest BCUT2D eigenvalue weighted by Crippen LogP contribution is -2.30. The topological polar surface area (TPSA) is 59.2 Å². The van der Waals surface area contributed by atoms with Crippen LogP contribution in [-0.4, -0.2) is 27.5 Å². The lowest BCUT2D eigenvalue weighted by atomic mass is 10.1. The van der Waals surface area contributed by atoms with Crippen molar-refractivity contribution in [3.05, 3.63) is 35.2 Å². The van der Waals surface area contributed by atoms with Gasteiger partial charge < -0.3 is 9.42 Å². The second-order valence-electron chi connectivity index (χ2n) is 6.17. The second-order valence-corrected chi connectivity index (χ2v) is 6.61. The molecule has 1 aliphatic rings. The Kier molecular flexibility index (Phi) is 5.51. The molecule has 1 fully saturated rings. The minimum Gasteiger partial charge on any atom is -0.337 e. The van der Waals surface area contributed by atoms with E-state index in [0.29, 0.717) is 23.2 Å². The smallest absolute Gasteiger partial charge is 0.249 e. The van der Waals surface area contributed by atoms with Crippen LogP contribution >= 0.6 is 11.6 Å². The molecule has 0 aliphatic carbocycles. The van der Waals surface area contributed by atoms with E-state index < -0.39 is 0 Å². The van der Waals surface area contributed by atoms with E-state index in [-0.39, 0.29) is 11.9 Å². The number of nitrogens with zero attached hydrogens (tertiary/aromatic N) is 3. The Hall–Kier alpha value is -1.88. The number of carbonyl (C=O) groups excluding carboxylic acids is 1. The highest BCUT2D eigenvalue weighted by Crippen LogP contribution is 2.33. The molecule has 3 rings (SSSR count). The van der Waals surface area contributed by atoms with Gasteiger partial charge >= 0.3 is 0 Å². The van der Waals surface area contributed by atoms with Gasteiger partial charge in [-0.15, -0.1) is 0 Å². The molecule has 0 spiro atoms. The van der Waals surface area contributed by atoms with E-state index in [1.165, 1.54) is 0 Å². The summed E-state index contributed by atoms with van der Waals surface area (Å²) in [4.78, 5) is 18.8. The molecule has 6 heteroatoms. The van der Waals surface area contributed by atoms with E-state index in [0.717, 1.165) is 44.2 Å². The summed E-state index contributed by atoms with van der Waals surface area (Å²) in [5.74, 6) is 1.22. The first-order chi connectivity index (χ1) is 11.7. The SMILES string of the molecule is CCCCCC(=O)N1CCCC1c1nc(-c2cccc(Cl)c2)no1. The third kappa shape index (κ3) is 3.78. The fraction of sp³-hybridized carbons (Fsp3) is 0.500. The number of likely N-dealkylation sites (tertiary alicyclic amines) is 1. The van der Waals surface area contributed by atoms with Gasteiger partial charge in [-0.1, -0.05) is 48.7 Å². The van der Waals surface area contributed by atoms with Crippen molar-refractivity contribution in [2.45, 2.75) is 51.5 Å². The Labute approximate surface area is 147 Å². The summed E-state index contributed by atoms with van der Waals surface area (Å²) in [5.41, 5.74) is 0.816. The molecule has 1 amide bonds. The van der Waals surface area contributed by atoms with Crippen LogP contribution in [0.3, 0.4) is 0 Å². The Bertz CT molecular complexity index is 701. The fourth-order valence-corrected chi connectivity index (χ4v) is 3.30. The molecule has 128 valence electrons. The number of hydrogen-bond donors (Lipinski definition) is 0. The van der Waals surface area contributed by atoms with Crippen LogP contribution in [0.5, 0.6) is 0 Å². The molecule has 1 saturated heterocycles. The van der Waals surface area contributed by atoms with Gasteiger partial charge in [0.15, 0.2) is 0 Å². The molecule has 0 radical (unpaired) electrons. The van der Waals surface area contributed by atoms with Crippen LogP contribution in [0.15, 0.2) is 28.8 Å². The molecule has 5 nitrogen and oxygen atoms in total. The lowest BCUT2D eigenvalue weighted by Gasteiger charge is -2.21. The monoisotopic (exact) mass is 347 g/mol. The molecule has 1 unspecified atom stereocenters. The molecule has 0 N–H and O–H groups in total. The highest BCUT2D eigenvalue weighted by Gasteiger charge is 2.33. The zero-order valence-electron chi connectivity index (χ0n) is 13.9. The number of unbranched alkanes of at least 4 members (excludes halogenated alkanes) is 2. The van der Waals surface area contributed by atoms with Gasteiger partial charge in [0.1, 0.15) is 6.04 Å². The molecule has 1 aromatic carbocycles. The van der Waals surface area contributed by atoms with Crippen LogP contribution in [0.4, 0.5) is 0 Å². The van der Waals surface area contributed by atoms with Crippen molar-refractivity contribution in [2.75, 3.05) is 6.54 Å². The molecular weight excluding hydrogens is 326 g/mol. The van der Waals surface area contributed by atoms with Crippen molar-refractivity contribution in [3.63, 3.8) is 0 Å². The van der Waals surface area contributed by atoms with Gasteiger partial charge in [-0.2, -0.15) is 4.98 Å². The molecule has 2 aromatic rings. The first kappa shape index (κ1) is 17.0. The van der Waals surface area contributed by atoms with Crippen molar-refractivity contribution in [1.82, 2.24) is 15.0 Å². The predicted octanol–water partition coefficient (Wildman–Crippen LogP) is 4.63. The number of carbonyl (C=O) groups is 1. The number of benzene rings is 1. The van der Waals surface area contributed by atoms with Crippen LogP contribution in [0.1, 0.15) is 57.4 Å². The summed E-state index contributed by atoms with van der Waals surface area (Å²) in [7, 11) is 0. The summed E-state index contributed by atoms with van der Waals surface area (Å²) < 4.78 is 5.45. The maximum Gasteiger partial charge on any atom is 0.249 e. The van der Waals surface area contributed by atoms with Crippen molar-refractivity contribution in [3.8, 4) is 11.4 Å². The normalized spacial score (nSPS) is 17.4. The molecule has 1 aliphatic heterocycles. The van der Waals surface area contributed by atoms with Crippen LogP contribution in [0.2, 0.25) is 5.02 Å². The van der Waals surface area contributed by atoms with Crippen molar-refractivity contribution in [2.24, 2.45) is 0 Å². The largest absolute Gasteiger partial charge is 0.337 e. The number of aromatic nitrogens is 2. The number of rotatable bonds is 6. The van der Waals surface area contributed by atoms with Crippen molar-refractivity contribution >= 4 is 17.5 Å². The maximum atomic E-state index is 12.4. The van der Waals surface area contributed by atoms with E-state index >= 15 is 0 Å². The first-order valence-electron chi connectivity index (χ1n) is 8.58. The van der Waals surface area contributed by atoms with Crippen molar-refractivity contribution < 1.29 is 9.32 Å². The maximum absolute atomic E-state index is 12.4. The van der Waals surface area contributed by atoms with Gasteiger partial charge in [-0.25, -0.2) is 0 Å². The molecule has 2 heterocycles. The average Bonchev–Trinajstić information content (AvgIpc) is 3.24. The number of amides is 1. The minimum absolute atomic E-state index is 0.0976. The lowest BCUT2D eigenvalue weighted by molar-refractivity contribution is -0.132. The quantitative estimate of drug-likeness (QED) is 0.714. The van der Waals surface area contributed by atoms with Crippen LogP contribution < -0.4 is 0 Å². The van der Waals surface area contributed by atoms with Gasteiger partial charge in [0.05, 0.1) is 0 Å². The van der Waals surface area contributed by atoms with Gasteiger partial charge in [0.25, 0.3) is 0 Å². The summed E-state index contributed by atoms with van der Waals surface area (Å²) >= 11 is 6.01. The highest BCUT2D eigenvalue weighted by molar-refractivity contribution is 6.30. The van der Waals surface area contributed by atoms with Crippen LogP contribution in [0, 0.1) is 0 Å². The van der Waals surface area contributed by atoms with E-state index in [1.807, 2.05) is 17.0 Å². The Morgan fingerprint density at radius 3 is 3.08 bits per heavy atom. The average molecular weight is 348 g/mol.